The highest BCUT2D eigenvalue weighted by molar-refractivity contribution is 7.85. The molecule has 0 aliphatic carbocycles. The molecule has 3 saturated heterocycles. The predicted molar refractivity (Wildman–Crippen MR) is 235 cm³/mol. The van der Waals surface area contributed by atoms with Gasteiger partial charge in [-0.25, -0.2) is 32.5 Å². The number of halogens is 2. The van der Waals surface area contributed by atoms with Gasteiger partial charge in [0.15, 0.2) is 0 Å². The van der Waals surface area contributed by atoms with Crippen molar-refractivity contribution in [3.63, 3.8) is 0 Å². The average molecular weight is 953 g/mol. The summed E-state index contributed by atoms with van der Waals surface area (Å²) in [7, 11) is -7.33. The molecule has 3 fully saturated rings. The molecule has 3 aliphatic rings. The molecule has 0 amide bonds. The second-order valence-corrected chi connectivity index (χ2v) is 17.9. The van der Waals surface area contributed by atoms with Gasteiger partial charge in [0, 0.05) is 49.2 Å². The summed E-state index contributed by atoms with van der Waals surface area (Å²) in [6.07, 6.45) is 6.20. The number of nitrogens with zero attached hydrogens (tertiary/aromatic N) is 8. The number of aromatic nitrogens is 6. The quantitative estimate of drug-likeness (QED) is 0.180. The summed E-state index contributed by atoms with van der Waals surface area (Å²) in [6.45, 7) is 10.9. The van der Waals surface area contributed by atoms with E-state index in [1.165, 1.54) is 34.2 Å². The van der Waals surface area contributed by atoms with Crippen LogP contribution in [0.3, 0.4) is 0 Å². The zero-order valence-electron chi connectivity index (χ0n) is 36.3. The Morgan fingerprint density at radius 1 is 0.815 bits per heavy atom. The molecule has 1 unspecified atom stereocenters. The fraction of sp³-hybridized carbons (Fsp3) is 0.463. The largest absolute Gasteiger partial charge is 0.491 e. The van der Waals surface area contributed by atoms with Crippen molar-refractivity contribution in [1.29, 1.82) is 0 Å². The van der Waals surface area contributed by atoms with Crippen molar-refractivity contribution < 1.29 is 58.4 Å². The van der Waals surface area contributed by atoms with Gasteiger partial charge in [-0.05, 0) is 74.0 Å². The third kappa shape index (κ3) is 15.9. The predicted octanol–water partition coefficient (Wildman–Crippen LogP) is 3.59. The molecular formula is C41H54F2N8O12S2. The van der Waals surface area contributed by atoms with Crippen LogP contribution >= 0.6 is 0 Å². The van der Waals surface area contributed by atoms with Crippen molar-refractivity contribution in [3.05, 3.63) is 113 Å². The van der Waals surface area contributed by atoms with Crippen molar-refractivity contribution in [2.75, 3.05) is 88.1 Å². The second kappa shape index (κ2) is 23.2. The lowest BCUT2D eigenvalue weighted by Crippen LogP contribution is -2.46. The Hall–Kier alpha value is -5.34. The van der Waals surface area contributed by atoms with E-state index in [9.17, 15) is 30.4 Å². The first kappa shape index (κ1) is 50.7. The summed E-state index contributed by atoms with van der Waals surface area (Å²) >= 11 is 0. The number of anilines is 2. The van der Waals surface area contributed by atoms with Gasteiger partial charge in [0.2, 0.25) is 5.79 Å². The number of hydrogen-bond donors (Lipinski definition) is 2. The summed E-state index contributed by atoms with van der Waals surface area (Å²) in [6, 6.07) is 19.3. The van der Waals surface area contributed by atoms with Crippen LogP contribution in [0, 0.1) is 11.6 Å². The third-order valence-corrected chi connectivity index (χ3v) is 9.89. The van der Waals surface area contributed by atoms with Gasteiger partial charge in [-0.2, -0.15) is 27.0 Å². The zero-order chi connectivity index (χ0) is 47.2. The van der Waals surface area contributed by atoms with Gasteiger partial charge in [-0.1, -0.05) is 6.92 Å². The molecule has 5 heterocycles. The van der Waals surface area contributed by atoms with Crippen LogP contribution in [-0.2, 0) is 51.5 Å². The summed E-state index contributed by atoms with van der Waals surface area (Å²) in [5.74, 6) is -2.30. The Morgan fingerprint density at radius 3 is 1.85 bits per heavy atom. The van der Waals surface area contributed by atoms with E-state index >= 15 is 0 Å². The summed E-state index contributed by atoms with van der Waals surface area (Å²) in [5.41, 5.74) is 2.95. The van der Waals surface area contributed by atoms with E-state index in [0.717, 1.165) is 82.2 Å². The van der Waals surface area contributed by atoms with Crippen LogP contribution in [-0.4, -0.2) is 139 Å². The first-order valence-corrected chi connectivity index (χ1v) is 24.1. The molecule has 3 aromatic carbocycles. The van der Waals surface area contributed by atoms with E-state index < -0.39 is 43.8 Å². The Bertz CT molecular complexity index is 2460. The molecule has 8 rings (SSSR count). The molecule has 0 radical (unpaired) electrons. The fourth-order valence-electron chi connectivity index (χ4n) is 6.68. The first-order valence-electron chi connectivity index (χ1n) is 20.4. The van der Waals surface area contributed by atoms with Crippen LogP contribution in [0.1, 0.15) is 31.9 Å². The monoisotopic (exact) mass is 952 g/mol. The van der Waals surface area contributed by atoms with Gasteiger partial charge in [0.25, 0.3) is 20.2 Å². The number of benzene rings is 3. The van der Waals surface area contributed by atoms with E-state index in [2.05, 4.69) is 37.1 Å². The molecule has 20 nitrogen and oxygen atoms in total. The van der Waals surface area contributed by atoms with Crippen LogP contribution in [0.5, 0.6) is 5.75 Å². The van der Waals surface area contributed by atoms with Gasteiger partial charge >= 0.3 is 5.69 Å². The Morgan fingerprint density at radius 2 is 1.35 bits per heavy atom. The molecule has 3 aliphatic heterocycles. The lowest BCUT2D eigenvalue weighted by molar-refractivity contribution is -0.192. The maximum atomic E-state index is 14.9. The molecule has 2 aromatic heterocycles. The van der Waals surface area contributed by atoms with Gasteiger partial charge in [0.05, 0.1) is 57.3 Å². The van der Waals surface area contributed by atoms with Crippen molar-refractivity contribution in [2.45, 2.75) is 44.7 Å². The number of rotatable bonds is 11. The maximum absolute atomic E-state index is 14.9. The zero-order valence-corrected chi connectivity index (χ0v) is 38.0. The SMILES string of the molecule is C1COCCO1.CCC(C)n1ncn(-c2ccc(N3CCN(c4ccc(OC[C@H]5CO[C@](Cn6cncn6)(c6ccc(F)cc6F)O5)cc4)CC3)cc2)c1=O.CS(=O)(=O)O.CS(=O)(=O)O. The third-order valence-electron chi connectivity index (χ3n) is 9.89. The normalized spacial score (nSPS) is 19.2. The van der Waals surface area contributed by atoms with E-state index in [0.29, 0.717) is 18.3 Å². The Labute approximate surface area is 375 Å². The topological polar surface area (TPSA) is 232 Å². The molecule has 5 aromatic rings. The van der Waals surface area contributed by atoms with Crippen molar-refractivity contribution in [1.82, 2.24) is 29.1 Å². The van der Waals surface area contributed by atoms with Crippen molar-refractivity contribution in [2.24, 2.45) is 0 Å². The second-order valence-electron chi connectivity index (χ2n) is 15.0. The van der Waals surface area contributed by atoms with Gasteiger partial charge in [-0.15, -0.1) is 0 Å². The summed E-state index contributed by atoms with van der Waals surface area (Å²) < 4.78 is 113. The van der Waals surface area contributed by atoms with Crippen LogP contribution in [0.15, 0.2) is 90.5 Å². The molecule has 2 N–H and O–H groups in total. The van der Waals surface area contributed by atoms with Gasteiger partial charge in [0.1, 0.15) is 55.6 Å². The molecule has 0 spiro atoms. The molecular weight excluding hydrogens is 899 g/mol. The molecule has 0 bridgehead atoms. The molecule has 24 heteroatoms. The average Bonchev–Trinajstić information content (AvgIpc) is 4.04. The Kier molecular flexibility index (Phi) is 18.1. The molecule has 356 valence electrons. The lowest BCUT2D eigenvalue weighted by Gasteiger charge is -2.37. The summed E-state index contributed by atoms with van der Waals surface area (Å²) in [5, 5.41) is 8.39. The van der Waals surface area contributed by atoms with E-state index in [-0.39, 0.29) is 37.1 Å². The molecule has 3 atom stereocenters. The van der Waals surface area contributed by atoms with Crippen LogP contribution in [0.25, 0.3) is 5.69 Å². The molecule has 65 heavy (non-hydrogen) atoms. The fourth-order valence-corrected chi connectivity index (χ4v) is 6.68. The standard InChI is InChI=1S/C35H38F2N8O4.C4H8O2.2CH4O3S/c1-3-25(2)45-34(46)44(24-40-45)29-7-5-27(6-8-29)41-14-16-42(17-15-41)28-9-11-30(12-10-28)47-19-31-20-48-35(49-31,21-43-23-38-22-39-43)32-13-4-26(36)18-33(32)37;1-2-6-4-3-5-1;2*1-5(2,3)4/h4-13,18,22-25,31H,3,14-17,19-21H2,1-2H3;1-4H2;2*1H3,(H,2,3,4)/t25?,31-,35-;;;/m0.../s1. The lowest BCUT2D eigenvalue weighted by atomic mass is 10.0. The van der Waals surface area contributed by atoms with Gasteiger partial charge < -0.3 is 33.5 Å². The van der Waals surface area contributed by atoms with Crippen LogP contribution in [0.4, 0.5) is 20.2 Å². The highest BCUT2D eigenvalue weighted by atomic mass is 32.2. The highest BCUT2D eigenvalue weighted by Gasteiger charge is 2.46. The minimum absolute atomic E-state index is 0.0334. The van der Waals surface area contributed by atoms with Crippen LogP contribution in [0.2, 0.25) is 0 Å². The Balaban J connectivity index is 0.000000422. The van der Waals surface area contributed by atoms with E-state index in [4.69, 9.17) is 32.8 Å². The molecule has 0 saturated carbocycles. The van der Waals surface area contributed by atoms with Crippen LogP contribution < -0.4 is 20.2 Å². The van der Waals surface area contributed by atoms with E-state index in [1.54, 1.807) is 10.9 Å². The van der Waals surface area contributed by atoms with Crippen molar-refractivity contribution in [3.8, 4) is 11.4 Å². The minimum Gasteiger partial charge on any atom is -0.491 e. The maximum Gasteiger partial charge on any atom is 0.350 e. The minimum atomic E-state index is -3.67. The number of hydrogen-bond acceptors (Lipinski definition) is 15. The highest BCUT2D eigenvalue weighted by Crippen LogP contribution is 2.38. The summed E-state index contributed by atoms with van der Waals surface area (Å²) in [4.78, 5) is 21.4. The number of piperazine rings is 1. The smallest absolute Gasteiger partial charge is 0.350 e. The van der Waals surface area contributed by atoms with Gasteiger partial charge in [-0.3, -0.25) is 9.11 Å². The number of ether oxygens (including phenoxy) is 5. The van der Waals surface area contributed by atoms with E-state index in [1.807, 2.05) is 50.2 Å². The first-order chi connectivity index (χ1) is 30.8. The van der Waals surface area contributed by atoms with Crippen molar-refractivity contribution >= 4 is 31.6 Å².